The molecule has 1 aromatic carbocycles. The summed E-state index contributed by atoms with van der Waals surface area (Å²) in [6.07, 6.45) is 4.16. The number of amides is 1. The molecule has 1 amide bonds. The van der Waals surface area contributed by atoms with E-state index in [4.69, 9.17) is 9.72 Å². The molecule has 152 valence electrons. The van der Waals surface area contributed by atoms with Crippen LogP contribution in [0.1, 0.15) is 29.0 Å². The van der Waals surface area contributed by atoms with Crippen LogP contribution in [-0.2, 0) is 24.2 Å². The Hall–Kier alpha value is -2.12. The standard InChI is InChI=1S/C22H26N4O2S/c27-21(15-9-14-3-1-2-4-19(14)28-13-15)25-8-7-18-20(12-25)29-22(24-18)26-16-5-6-17(26)11-23-10-16/h1-4,15-17,23H,5-13H2. The van der Waals surface area contributed by atoms with E-state index < -0.39 is 0 Å². The van der Waals surface area contributed by atoms with Gasteiger partial charge in [0.2, 0.25) is 5.91 Å². The molecule has 5 heterocycles. The third kappa shape index (κ3) is 3.02. The Morgan fingerprint density at radius 3 is 2.90 bits per heavy atom. The number of hydrogen-bond donors (Lipinski definition) is 1. The van der Waals surface area contributed by atoms with Crippen molar-refractivity contribution < 1.29 is 9.53 Å². The van der Waals surface area contributed by atoms with Crippen molar-refractivity contribution in [3.63, 3.8) is 0 Å². The molecule has 3 unspecified atom stereocenters. The Kier molecular flexibility index (Phi) is 4.27. The SMILES string of the molecule is O=C(C1COc2ccccc2C1)N1CCc2nc(N3C4CCC3CNC4)sc2C1. The predicted octanol–water partition coefficient (Wildman–Crippen LogP) is 2.22. The average Bonchev–Trinajstić information content (AvgIpc) is 3.29. The van der Waals surface area contributed by atoms with Crippen LogP contribution in [0.3, 0.4) is 0 Å². The number of aromatic nitrogens is 1. The minimum atomic E-state index is -0.0807. The van der Waals surface area contributed by atoms with Crippen LogP contribution < -0.4 is 15.0 Å². The summed E-state index contributed by atoms with van der Waals surface area (Å²) in [7, 11) is 0. The van der Waals surface area contributed by atoms with E-state index in [0.29, 0.717) is 25.2 Å². The number of hydrogen-bond acceptors (Lipinski definition) is 6. The molecule has 1 N–H and O–H groups in total. The average molecular weight is 411 g/mol. The van der Waals surface area contributed by atoms with Gasteiger partial charge in [-0.15, -0.1) is 0 Å². The molecule has 1 aromatic heterocycles. The summed E-state index contributed by atoms with van der Waals surface area (Å²) in [6, 6.07) is 9.23. The van der Waals surface area contributed by atoms with Crippen molar-refractivity contribution in [2.45, 2.75) is 44.3 Å². The molecule has 6 nitrogen and oxygen atoms in total. The van der Waals surface area contributed by atoms with Crippen molar-refractivity contribution in [1.29, 1.82) is 0 Å². The van der Waals surface area contributed by atoms with E-state index in [1.807, 2.05) is 34.4 Å². The van der Waals surface area contributed by atoms with Crippen LogP contribution in [0.2, 0.25) is 0 Å². The Morgan fingerprint density at radius 1 is 1.21 bits per heavy atom. The number of fused-ring (bicyclic) bond motifs is 4. The van der Waals surface area contributed by atoms with E-state index >= 15 is 0 Å². The second-order valence-electron chi connectivity index (χ2n) is 8.65. The molecule has 3 atom stereocenters. The maximum atomic E-state index is 13.2. The van der Waals surface area contributed by atoms with E-state index in [0.717, 1.165) is 43.8 Å². The van der Waals surface area contributed by atoms with E-state index in [9.17, 15) is 4.79 Å². The van der Waals surface area contributed by atoms with Crippen LogP contribution in [0.15, 0.2) is 24.3 Å². The van der Waals surface area contributed by atoms with E-state index in [-0.39, 0.29) is 11.8 Å². The highest BCUT2D eigenvalue weighted by Crippen LogP contribution is 2.38. The van der Waals surface area contributed by atoms with Crippen molar-refractivity contribution in [2.75, 3.05) is 31.1 Å². The van der Waals surface area contributed by atoms with Gasteiger partial charge in [-0.05, 0) is 30.9 Å². The van der Waals surface area contributed by atoms with Gasteiger partial charge in [-0.1, -0.05) is 29.5 Å². The maximum absolute atomic E-state index is 13.2. The number of thiazole rings is 1. The summed E-state index contributed by atoms with van der Waals surface area (Å²) in [5.74, 6) is 1.07. The van der Waals surface area contributed by atoms with Crippen LogP contribution in [0.4, 0.5) is 5.13 Å². The number of nitrogens with zero attached hydrogens (tertiary/aromatic N) is 3. The summed E-state index contributed by atoms with van der Waals surface area (Å²) >= 11 is 1.81. The van der Waals surface area contributed by atoms with Crippen molar-refractivity contribution in [2.24, 2.45) is 5.92 Å². The molecule has 4 aliphatic rings. The summed E-state index contributed by atoms with van der Waals surface area (Å²) in [4.78, 5) is 24.1. The van der Waals surface area contributed by atoms with Gasteiger partial charge in [0.05, 0.1) is 18.2 Å². The second kappa shape index (κ2) is 6.99. The van der Waals surface area contributed by atoms with Crippen molar-refractivity contribution in [1.82, 2.24) is 15.2 Å². The van der Waals surface area contributed by atoms with Gasteiger partial charge in [0.25, 0.3) is 0 Å². The summed E-state index contributed by atoms with van der Waals surface area (Å²) < 4.78 is 5.86. The van der Waals surface area contributed by atoms with Gasteiger partial charge in [-0.2, -0.15) is 0 Å². The quantitative estimate of drug-likeness (QED) is 0.823. The zero-order valence-electron chi connectivity index (χ0n) is 16.5. The number of anilines is 1. The third-order valence-corrected chi connectivity index (χ3v) is 7.96. The van der Waals surface area contributed by atoms with Gasteiger partial charge in [0.15, 0.2) is 5.13 Å². The van der Waals surface area contributed by atoms with Gasteiger partial charge in [0.1, 0.15) is 12.4 Å². The van der Waals surface area contributed by atoms with Gasteiger partial charge in [-0.3, -0.25) is 4.79 Å². The number of ether oxygens (including phenoxy) is 1. The predicted molar refractivity (Wildman–Crippen MR) is 113 cm³/mol. The van der Waals surface area contributed by atoms with Gasteiger partial charge in [-0.25, -0.2) is 4.98 Å². The molecule has 0 radical (unpaired) electrons. The van der Waals surface area contributed by atoms with E-state index in [2.05, 4.69) is 16.3 Å². The van der Waals surface area contributed by atoms with E-state index in [1.165, 1.54) is 28.5 Å². The van der Waals surface area contributed by atoms with Gasteiger partial charge >= 0.3 is 0 Å². The molecule has 2 saturated heterocycles. The van der Waals surface area contributed by atoms with Crippen molar-refractivity contribution >= 4 is 22.4 Å². The fraction of sp³-hybridized carbons (Fsp3) is 0.545. The summed E-state index contributed by atoms with van der Waals surface area (Å²) in [5, 5.41) is 4.72. The zero-order valence-corrected chi connectivity index (χ0v) is 17.3. The smallest absolute Gasteiger partial charge is 0.229 e. The minimum Gasteiger partial charge on any atom is -0.492 e. The Balaban J connectivity index is 1.18. The number of nitrogens with one attached hydrogen (secondary N) is 1. The lowest BCUT2D eigenvalue weighted by atomic mass is 9.95. The largest absolute Gasteiger partial charge is 0.492 e. The first-order valence-corrected chi connectivity index (χ1v) is 11.5. The van der Waals surface area contributed by atoms with Crippen molar-refractivity contribution in [3.8, 4) is 5.75 Å². The van der Waals surface area contributed by atoms with Crippen LogP contribution in [0, 0.1) is 5.92 Å². The fourth-order valence-corrected chi connectivity index (χ4v) is 6.58. The molecule has 6 rings (SSSR count). The molecule has 0 saturated carbocycles. The first-order chi connectivity index (χ1) is 14.3. The van der Waals surface area contributed by atoms with Crippen LogP contribution in [0.5, 0.6) is 5.75 Å². The Morgan fingerprint density at radius 2 is 2.03 bits per heavy atom. The lowest BCUT2D eigenvalue weighted by Crippen LogP contribution is -2.51. The van der Waals surface area contributed by atoms with Gasteiger partial charge in [0, 0.05) is 43.0 Å². The first kappa shape index (κ1) is 17.7. The number of para-hydroxylation sites is 1. The van der Waals surface area contributed by atoms with Crippen LogP contribution >= 0.6 is 11.3 Å². The first-order valence-electron chi connectivity index (χ1n) is 10.7. The van der Waals surface area contributed by atoms with E-state index in [1.54, 1.807) is 0 Å². The molecule has 4 aliphatic heterocycles. The highest BCUT2D eigenvalue weighted by atomic mass is 32.1. The minimum absolute atomic E-state index is 0.0807. The number of benzene rings is 1. The summed E-state index contributed by atoms with van der Waals surface area (Å²) in [6.45, 7) is 4.08. The highest BCUT2D eigenvalue weighted by Gasteiger charge is 2.39. The molecule has 0 aliphatic carbocycles. The molecule has 2 bridgehead atoms. The molecular weight excluding hydrogens is 384 g/mol. The molecule has 2 aromatic rings. The molecular formula is C22H26N4O2S. The topological polar surface area (TPSA) is 57.7 Å². The lowest BCUT2D eigenvalue weighted by Gasteiger charge is -2.35. The monoisotopic (exact) mass is 410 g/mol. The Labute approximate surface area is 174 Å². The normalized spacial score (nSPS) is 27.9. The highest BCUT2D eigenvalue weighted by molar-refractivity contribution is 7.15. The fourth-order valence-electron chi connectivity index (χ4n) is 5.32. The van der Waals surface area contributed by atoms with Crippen molar-refractivity contribution in [3.05, 3.63) is 40.4 Å². The van der Waals surface area contributed by atoms with Gasteiger partial charge < -0.3 is 19.9 Å². The zero-order chi connectivity index (χ0) is 19.4. The number of carbonyl (C=O) groups is 1. The Bertz CT molecular complexity index is 929. The summed E-state index contributed by atoms with van der Waals surface area (Å²) in [5.41, 5.74) is 2.35. The lowest BCUT2D eigenvalue weighted by molar-refractivity contribution is -0.137. The second-order valence-corrected chi connectivity index (χ2v) is 9.71. The third-order valence-electron chi connectivity index (χ3n) is 6.86. The number of carbonyl (C=O) groups excluding carboxylic acids is 1. The van der Waals surface area contributed by atoms with Crippen LogP contribution in [0.25, 0.3) is 0 Å². The molecule has 2 fully saturated rings. The van der Waals surface area contributed by atoms with Crippen LogP contribution in [-0.4, -0.2) is 54.1 Å². The molecule has 7 heteroatoms. The maximum Gasteiger partial charge on any atom is 0.229 e. The number of rotatable bonds is 2. The number of piperazine rings is 1. The molecule has 29 heavy (non-hydrogen) atoms. The molecule has 0 spiro atoms.